The first-order chi connectivity index (χ1) is 33.7. The summed E-state index contributed by atoms with van der Waals surface area (Å²) < 4.78 is 16.7. The van der Waals surface area contributed by atoms with Crippen LogP contribution in [0.4, 0.5) is 0 Å². The Morgan fingerprint density at radius 3 is 1.39 bits per heavy atom. The molecular weight excluding hydrogens is 871 g/mol. The largest absolute Gasteiger partial charge is 0.466 e. The zero-order chi connectivity index (χ0) is 50.3. The second-order valence-electron chi connectivity index (χ2n) is 20.0. The molecule has 1 heterocycles. The van der Waals surface area contributed by atoms with Crippen LogP contribution < -0.4 is 5.32 Å². The van der Waals surface area contributed by atoms with Crippen LogP contribution in [-0.2, 0) is 23.8 Å². The van der Waals surface area contributed by atoms with Crippen LogP contribution in [0, 0.1) is 0 Å². The van der Waals surface area contributed by atoms with Crippen molar-refractivity contribution in [3.63, 3.8) is 0 Å². The fourth-order valence-electron chi connectivity index (χ4n) is 8.83. The molecule has 6 N–H and O–H groups in total. The molecule has 404 valence electrons. The van der Waals surface area contributed by atoms with Crippen LogP contribution in [0.5, 0.6) is 0 Å². The van der Waals surface area contributed by atoms with E-state index in [2.05, 4.69) is 43.5 Å². The second kappa shape index (κ2) is 48.2. The zero-order valence-electron chi connectivity index (χ0n) is 44.3. The third-order valence-corrected chi connectivity index (χ3v) is 13.5. The average Bonchev–Trinajstić information content (AvgIpc) is 3.34. The maximum atomic E-state index is 13.0. The van der Waals surface area contributed by atoms with Crippen LogP contribution in [0.3, 0.4) is 0 Å². The van der Waals surface area contributed by atoms with Crippen molar-refractivity contribution in [3.05, 3.63) is 36.5 Å². The molecule has 11 heteroatoms. The lowest BCUT2D eigenvalue weighted by molar-refractivity contribution is -0.302. The van der Waals surface area contributed by atoms with Gasteiger partial charge in [-0.2, -0.15) is 0 Å². The summed E-state index contributed by atoms with van der Waals surface area (Å²) in [4.78, 5) is 25.0. The van der Waals surface area contributed by atoms with Crippen LogP contribution in [-0.4, -0.2) is 100 Å². The van der Waals surface area contributed by atoms with Crippen molar-refractivity contribution in [3.8, 4) is 0 Å². The van der Waals surface area contributed by atoms with Gasteiger partial charge in [0.05, 0.1) is 32.0 Å². The topological polar surface area (TPSA) is 175 Å². The van der Waals surface area contributed by atoms with Gasteiger partial charge >= 0.3 is 5.97 Å². The maximum Gasteiger partial charge on any atom is 0.305 e. The molecule has 0 radical (unpaired) electrons. The maximum absolute atomic E-state index is 13.0. The summed E-state index contributed by atoms with van der Waals surface area (Å²) in [5.41, 5.74) is 0. The highest BCUT2D eigenvalue weighted by Crippen LogP contribution is 2.23. The first-order valence-corrected chi connectivity index (χ1v) is 28.8. The lowest BCUT2D eigenvalue weighted by Crippen LogP contribution is -2.60. The van der Waals surface area contributed by atoms with E-state index in [0.29, 0.717) is 19.4 Å². The summed E-state index contributed by atoms with van der Waals surface area (Å²) in [5, 5.41) is 54.1. The van der Waals surface area contributed by atoms with Crippen molar-refractivity contribution in [2.75, 3.05) is 19.8 Å². The number of aliphatic hydroxyl groups is 5. The Morgan fingerprint density at radius 2 is 0.928 bits per heavy atom. The van der Waals surface area contributed by atoms with E-state index >= 15 is 0 Å². The molecule has 0 bridgehead atoms. The minimum absolute atomic E-state index is 0.0287. The van der Waals surface area contributed by atoms with Crippen molar-refractivity contribution < 1.29 is 49.3 Å². The van der Waals surface area contributed by atoms with E-state index in [1.165, 1.54) is 141 Å². The number of amides is 1. The Morgan fingerprint density at radius 1 is 0.522 bits per heavy atom. The molecule has 0 aromatic heterocycles. The SMILES string of the molecule is CCCCCCCCC/C=C\CCCCCCCC(=O)OCCCCCCCCC/C=C\CCCCCCCC(=O)NC(COC1OC(CO)C(O)C(O)C1O)C(O)/C=C/CCCCCCCCC. The summed E-state index contributed by atoms with van der Waals surface area (Å²) in [6.07, 6.45) is 48.1. The second-order valence-corrected chi connectivity index (χ2v) is 20.0. The summed E-state index contributed by atoms with van der Waals surface area (Å²) >= 11 is 0. The summed E-state index contributed by atoms with van der Waals surface area (Å²) in [6.45, 7) is 4.27. The minimum Gasteiger partial charge on any atom is -0.466 e. The summed E-state index contributed by atoms with van der Waals surface area (Å²) in [5.74, 6) is -0.230. The highest BCUT2D eigenvalue weighted by molar-refractivity contribution is 5.76. The van der Waals surface area contributed by atoms with Crippen LogP contribution in [0.1, 0.15) is 258 Å². The molecule has 0 aromatic carbocycles. The Kier molecular flexibility index (Phi) is 45.3. The standard InChI is InChI=1S/C58H107NO10/c1-3-5-7-9-11-13-14-15-16-20-23-26-30-34-38-42-46-54(63)67-47-43-39-35-31-27-24-21-18-17-19-22-25-29-33-37-41-45-53(62)59-50(51(61)44-40-36-32-28-12-10-8-6-4-2)49-68-58-57(66)56(65)55(64)52(48-60)69-58/h16-17,19-20,40,44,50-52,55-58,60-61,64-66H,3-15,18,21-39,41-43,45-49H2,1-2H3,(H,59,62)/b19-17-,20-16-,44-40+. The van der Waals surface area contributed by atoms with Crippen molar-refractivity contribution in [1.29, 1.82) is 0 Å². The van der Waals surface area contributed by atoms with E-state index in [9.17, 15) is 35.1 Å². The van der Waals surface area contributed by atoms with Gasteiger partial charge in [0.1, 0.15) is 24.4 Å². The Hall–Kier alpha value is -2.12. The van der Waals surface area contributed by atoms with E-state index in [0.717, 1.165) is 89.9 Å². The molecule has 69 heavy (non-hydrogen) atoms. The summed E-state index contributed by atoms with van der Waals surface area (Å²) in [6, 6.07) is -0.821. The van der Waals surface area contributed by atoms with Gasteiger partial charge in [0.2, 0.25) is 5.91 Å². The first kappa shape index (κ1) is 64.9. The smallest absolute Gasteiger partial charge is 0.305 e. The van der Waals surface area contributed by atoms with Gasteiger partial charge in [0.15, 0.2) is 6.29 Å². The van der Waals surface area contributed by atoms with Crippen molar-refractivity contribution in [1.82, 2.24) is 5.32 Å². The van der Waals surface area contributed by atoms with E-state index in [4.69, 9.17) is 14.2 Å². The molecule has 11 nitrogen and oxygen atoms in total. The number of esters is 1. The number of aliphatic hydroxyl groups excluding tert-OH is 5. The average molecular weight is 978 g/mol. The van der Waals surface area contributed by atoms with E-state index < -0.39 is 49.5 Å². The Bertz CT molecular complexity index is 1240. The Labute approximate surface area is 422 Å². The molecular formula is C58H107NO10. The lowest BCUT2D eigenvalue weighted by atomic mass is 9.99. The predicted molar refractivity (Wildman–Crippen MR) is 283 cm³/mol. The molecule has 1 saturated heterocycles. The van der Waals surface area contributed by atoms with Crippen LogP contribution >= 0.6 is 0 Å². The van der Waals surface area contributed by atoms with Crippen LogP contribution in [0.15, 0.2) is 36.5 Å². The van der Waals surface area contributed by atoms with E-state index in [1.807, 2.05) is 6.08 Å². The van der Waals surface area contributed by atoms with Crippen molar-refractivity contribution in [2.45, 2.75) is 301 Å². The van der Waals surface area contributed by atoms with Gasteiger partial charge in [-0.1, -0.05) is 198 Å². The van der Waals surface area contributed by atoms with E-state index in [-0.39, 0.29) is 18.5 Å². The number of rotatable bonds is 49. The molecule has 0 spiro atoms. The number of nitrogens with one attached hydrogen (secondary N) is 1. The molecule has 7 unspecified atom stereocenters. The van der Waals surface area contributed by atoms with Gasteiger partial charge in [-0.15, -0.1) is 0 Å². The third kappa shape index (κ3) is 38.2. The number of ether oxygens (including phenoxy) is 3. The summed E-state index contributed by atoms with van der Waals surface area (Å²) in [7, 11) is 0. The lowest BCUT2D eigenvalue weighted by Gasteiger charge is -2.40. The molecule has 1 amide bonds. The van der Waals surface area contributed by atoms with Gasteiger partial charge in [0.25, 0.3) is 0 Å². The quantitative estimate of drug-likeness (QED) is 0.0196. The zero-order valence-corrected chi connectivity index (χ0v) is 44.3. The minimum atomic E-state index is -1.58. The number of carbonyl (C=O) groups is 2. The molecule has 1 aliphatic rings. The van der Waals surface area contributed by atoms with Crippen LogP contribution in [0.2, 0.25) is 0 Å². The van der Waals surface area contributed by atoms with Crippen LogP contribution in [0.25, 0.3) is 0 Å². The number of hydrogen-bond acceptors (Lipinski definition) is 10. The van der Waals surface area contributed by atoms with E-state index in [1.54, 1.807) is 6.08 Å². The first-order valence-electron chi connectivity index (χ1n) is 28.8. The highest BCUT2D eigenvalue weighted by atomic mass is 16.7. The monoisotopic (exact) mass is 978 g/mol. The molecule has 1 aliphatic heterocycles. The molecule has 0 aliphatic carbocycles. The van der Waals surface area contributed by atoms with Gasteiger partial charge < -0.3 is 45.1 Å². The fourth-order valence-corrected chi connectivity index (χ4v) is 8.83. The number of hydrogen-bond donors (Lipinski definition) is 6. The number of allylic oxidation sites excluding steroid dienone is 5. The Balaban J connectivity index is 2.07. The molecule has 0 aromatic rings. The van der Waals surface area contributed by atoms with Crippen molar-refractivity contribution in [2.24, 2.45) is 0 Å². The molecule has 1 rings (SSSR count). The van der Waals surface area contributed by atoms with Gasteiger partial charge in [0, 0.05) is 12.8 Å². The molecule has 0 saturated carbocycles. The number of unbranched alkanes of at least 4 members (excludes halogenated alkanes) is 31. The van der Waals surface area contributed by atoms with Gasteiger partial charge in [-0.25, -0.2) is 0 Å². The third-order valence-electron chi connectivity index (χ3n) is 13.5. The highest BCUT2D eigenvalue weighted by Gasteiger charge is 2.44. The predicted octanol–water partition coefficient (Wildman–Crippen LogP) is 12.7. The normalized spacial score (nSPS) is 19.6. The van der Waals surface area contributed by atoms with Crippen molar-refractivity contribution >= 4 is 11.9 Å². The molecule has 1 fully saturated rings. The molecule has 7 atom stereocenters. The van der Waals surface area contributed by atoms with Gasteiger partial charge in [-0.05, 0) is 83.5 Å². The number of carbonyl (C=O) groups excluding carboxylic acids is 2. The fraction of sp³-hybridized carbons (Fsp3) is 0.862. The van der Waals surface area contributed by atoms with Gasteiger partial charge in [-0.3, -0.25) is 9.59 Å².